The molecule has 0 saturated carbocycles. The Morgan fingerprint density at radius 2 is 1.61 bits per heavy atom. The number of benzene rings is 4. The first-order valence-electron chi connectivity index (χ1n) is 10.2. The zero-order valence-corrected chi connectivity index (χ0v) is 19.7. The van der Waals surface area contributed by atoms with Crippen molar-refractivity contribution in [2.75, 3.05) is 11.9 Å². The molecule has 164 valence electrons. The number of amides is 1. The Morgan fingerprint density at radius 1 is 0.879 bits per heavy atom. The Hall–Kier alpha value is -3.72. The summed E-state index contributed by atoms with van der Waals surface area (Å²) in [7, 11) is 0. The molecule has 0 bridgehead atoms. The fraction of sp³-hybridized carbons (Fsp3) is 0.0385. The summed E-state index contributed by atoms with van der Waals surface area (Å²) in [6.07, 6.45) is 1.53. The number of hydrogen-bond acceptors (Lipinski definition) is 5. The summed E-state index contributed by atoms with van der Waals surface area (Å²) in [4.78, 5) is 24.4. The maximum atomic E-state index is 12.3. The number of hydrazone groups is 1. The van der Waals surface area contributed by atoms with Gasteiger partial charge in [0.25, 0.3) is 5.91 Å². The molecule has 0 aliphatic carbocycles. The van der Waals surface area contributed by atoms with E-state index in [9.17, 15) is 9.59 Å². The van der Waals surface area contributed by atoms with Crippen LogP contribution in [-0.2, 0) is 4.79 Å². The third-order valence-electron chi connectivity index (χ3n) is 4.79. The van der Waals surface area contributed by atoms with Gasteiger partial charge in [0.15, 0.2) is 0 Å². The molecule has 0 radical (unpaired) electrons. The van der Waals surface area contributed by atoms with Gasteiger partial charge in [-0.2, -0.15) is 5.10 Å². The molecule has 33 heavy (non-hydrogen) atoms. The lowest BCUT2D eigenvalue weighted by molar-refractivity contribution is -0.119. The van der Waals surface area contributed by atoms with Crippen molar-refractivity contribution in [1.29, 1.82) is 0 Å². The number of halogens is 1. The molecule has 1 amide bonds. The molecule has 0 heterocycles. The van der Waals surface area contributed by atoms with Crippen molar-refractivity contribution >= 4 is 57.1 Å². The average Bonchev–Trinajstić information content (AvgIpc) is 2.84. The van der Waals surface area contributed by atoms with Crippen molar-refractivity contribution in [3.63, 3.8) is 0 Å². The summed E-state index contributed by atoms with van der Waals surface area (Å²) >= 11 is 2.10. The Kier molecular flexibility index (Phi) is 7.31. The van der Waals surface area contributed by atoms with Crippen LogP contribution in [0, 0.1) is 3.57 Å². The average molecular weight is 549 g/mol. The van der Waals surface area contributed by atoms with Crippen LogP contribution >= 0.6 is 22.6 Å². The van der Waals surface area contributed by atoms with Crippen LogP contribution in [0.25, 0.3) is 10.8 Å². The van der Waals surface area contributed by atoms with Gasteiger partial charge < -0.3 is 10.1 Å². The van der Waals surface area contributed by atoms with Crippen LogP contribution in [0.3, 0.4) is 0 Å². The van der Waals surface area contributed by atoms with Gasteiger partial charge >= 0.3 is 5.97 Å². The largest absolute Gasteiger partial charge is 0.423 e. The van der Waals surface area contributed by atoms with Crippen LogP contribution in [0.4, 0.5) is 5.69 Å². The maximum Gasteiger partial charge on any atom is 0.344 e. The summed E-state index contributed by atoms with van der Waals surface area (Å²) in [6.45, 7) is 0.100. The molecule has 7 heteroatoms. The van der Waals surface area contributed by atoms with Crippen molar-refractivity contribution in [1.82, 2.24) is 5.43 Å². The highest BCUT2D eigenvalue weighted by atomic mass is 127. The molecular weight excluding hydrogens is 529 g/mol. The van der Waals surface area contributed by atoms with Crippen LogP contribution in [0.1, 0.15) is 15.9 Å². The smallest absolute Gasteiger partial charge is 0.344 e. The van der Waals surface area contributed by atoms with Crippen molar-refractivity contribution in [2.24, 2.45) is 5.10 Å². The number of nitrogens with one attached hydrogen (secondary N) is 2. The molecule has 2 N–H and O–H groups in total. The molecule has 0 atom stereocenters. The highest BCUT2D eigenvalue weighted by Gasteiger charge is 2.11. The van der Waals surface area contributed by atoms with Crippen molar-refractivity contribution in [3.8, 4) is 5.75 Å². The minimum Gasteiger partial charge on any atom is -0.423 e. The highest BCUT2D eigenvalue weighted by Crippen LogP contribution is 2.19. The number of anilines is 1. The first-order valence-corrected chi connectivity index (χ1v) is 11.3. The Bertz CT molecular complexity index is 1320. The standard InChI is InChI=1S/C26H20IN3O3/c27-24-8-4-3-7-23(24)26(32)33-22-13-9-18(10-14-22)16-29-30-25(31)17-28-21-12-11-19-5-1-2-6-20(19)15-21/h1-16,28H,17H2,(H,30,31)/b29-16-. The minimum absolute atomic E-state index is 0.100. The molecule has 0 unspecified atom stereocenters. The van der Waals surface area contributed by atoms with E-state index in [2.05, 4.69) is 38.4 Å². The van der Waals surface area contributed by atoms with Gasteiger partial charge in [0, 0.05) is 9.26 Å². The van der Waals surface area contributed by atoms with Gasteiger partial charge in [-0.05, 0) is 87.5 Å². The number of carbonyl (C=O) groups excluding carboxylic acids is 2. The summed E-state index contributed by atoms with van der Waals surface area (Å²) in [5.41, 5.74) is 4.63. The van der Waals surface area contributed by atoms with Gasteiger partial charge in [-0.3, -0.25) is 4.79 Å². The first-order chi connectivity index (χ1) is 16.1. The van der Waals surface area contributed by atoms with E-state index >= 15 is 0 Å². The summed E-state index contributed by atoms with van der Waals surface area (Å²) in [5, 5.41) is 9.32. The van der Waals surface area contributed by atoms with E-state index in [0.717, 1.165) is 25.6 Å². The van der Waals surface area contributed by atoms with Crippen molar-refractivity contribution < 1.29 is 14.3 Å². The van der Waals surface area contributed by atoms with Gasteiger partial charge in [0.05, 0.1) is 18.3 Å². The Morgan fingerprint density at radius 3 is 2.39 bits per heavy atom. The van der Waals surface area contributed by atoms with E-state index in [1.807, 2.05) is 54.6 Å². The molecule has 4 aromatic carbocycles. The minimum atomic E-state index is -0.410. The number of ether oxygens (including phenoxy) is 1. The maximum absolute atomic E-state index is 12.3. The Labute approximate surface area is 204 Å². The first kappa shape index (κ1) is 22.5. The fourth-order valence-electron chi connectivity index (χ4n) is 3.11. The van der Waals surface area contributed by atoms with Gasteiger partial charge in [-0.15, -0.1) is 0 Å². The van der Waals surface area contributed by atoms with Crippen molar-refractivity contribution in [3.05, 3.63) is 106 Å². The van der Waals surface area contributed by atoms with Crippen LogP contribution in [0.2, 0.25) is 0 Å². The molecule has 0 spiro atoms. The highest BCUT2D eigenvalue weighted by molar-refractivity contribution is 14.1. The van der Waals surface area contributed by atoms with Crippen molar-refractivity contribution in [2.45, 2.75) is 0 Å². The molecule has 0 saturated heterocycles. The number of fused-ring (bicyclic) bond motifs is 1. The normalized spacial score (nSPS) is 10.8. The SMILES string of the molecule is O=C(CNc1ccc2ccccc2c1)N/N=C\c1ccc(OC(=O)c2ccccc2I)cc1. The second-order valence-corrected chi connectivity index (χ2v) is 8.31. The van der Waals surface area contributed by atoms with E-state index in [-0.39, 0.29) is 12.5 Å². The zero-order chi connectivity index (χ0) is 23.0. The zero-order valence-electron chi connectivity index (χ0n) is 17.5. The lowest BCUT2D eigenvalue weighted by atomic mass is 10.1. The summed E-state index contributed by atoms with van der Waals surface area (Å²) < 4.78 is 6.24. The van der Waals surface area contributed by atoms with Gasteiger partial charge in [0.2, 0.25) is 0 Å². The van der Waals surface area contributed by atoms with E-state index in [0.29, 0.717) is 11.3 Å². The van der Waals surface area contributed by atoms with Crippen LogP contribution in [0.15, 0.2) is 96.1 Å². The molecule has 0 aliphatic rings. The van der Waals surface area contributed by atoms with E-state index in [1.165, 1.54) is 6.21 Å². The van der Waals surface area contributed by atoms with Gasteiger partial charge in [-0.1, -0.05) is 42.5 Å². The Balaban J connectivity index is 1.26. The summed E-state index contributed by atoms with van der Waals surface area (Å²) in [5.74, 6) is -0.240. The number of rotatable bonds is 7. The lowest BCUT2D eigenvalue weighted by Gasteiger charge is -2.07. The molecular formula is C26H20IN3O3. The van der Waals surface area contributed by atoms with E-state index in [1.54, 1.807) is 36.4 Å². The predicted molar refractivity (Wildman–Crippen MR) is 139 cm³/mol. The molecule has 4 rings (SSSR count). The molecule has 0 aromatic heterocycles. The molecule has 4 aromatic rings. The number of hydrogen-bond donors (Lipinski definition) is 2. The number of nitrogens with zero attached hydrogens (tertiary/aromatic N) is 1. The monoisotopic (exact) mass is 549 g/mol. The van der Waals surface area contributed by atoms with Crippen LogP contribution < -0.4 is 15.5 Å². The van der Waals surface area contributed by atoms with Crippen LogP contribution in [0.5, 0.6) is 5.75 Å². The van der Waals surface area contributed by atoms with E-state index < -0.39 is 5.97 Å². The quantitative estimate of drug-likeness (QED) is 0.109. The fourth-order valence-corrected chi connectivity index (χ4v) is 3.72. The topological polar surface area (TPSA) is 79.8 Å². The second-order valence-electron chi connectivity index (χ2n) is 7.15. The van der Waals surface area contributed by atoms with Gasteiger partial charge in [-0.25, -0.2) is 10.2 Å². The lowest BCUT2D eigenvalue weighted by Crippen LogP contribution is -2.25. The van der Waals surface area contributed by atoms with E-state index in [4.69, 9.17) is 4.74 Å². The third kappa shape index (κ3) is 6.17. The second kappa shape index (κ2) is 10.7. The summed E-state index contributed by atoms with van der Waals surface area (Å²) in [6, 6.07) is 28.1. The molecule has 6 nitrogen and oxygen atoms in total. The van der Waals surface area contributed by atoms with Crippen LogP contribution in [-0.4, -0.2) is 24.6 Å². The molecule has 0 aliphatic heterocycles. The van der Waals surface area contributed by atoms with Gasteiger partial charge in [0.1, 0.15) is 5.75 Å². The number of carbonyl (C=O) groups is 2. The number of esters is 1. The third-order valence-corrected chi connectivity index (χ3v) is 5.73. The predicted octanol–water partition coefficient (Wildman–Crippen LogP) is 5.23. The molecule has 0 fully saturated rings.